The van der Waals surface area contributed by atoms with Crippen molar-refractivity contribution in [3.63, 3.8) is 0 Å². The van der Waals surface area contributed by atoms with Crippen LogP contribution in [-0.2, 0) is 10.0 Å². The van der Waals surface area contributed by atoms with E-state index in [4.69, 9.17) is 9.68 Å². The van der Waals surface area contributed by atoms with E-state index in [1.165, 1.54) is 24.5 Å². The fourth-order valence-electron chi connectivity index (χ4n) is 1.72. The first-order valence-corrected chi connectivity index (χ1v) is 7.22. The smallest absolute Gasteiger partial charge is 0.242 e. The van der Waals surface area contributed by atoms with Crippen LogP contribution in [0.5, 0.6) is 0 Å². The van der Waals surface area contributed by atoms with Crippen LogP contribution in [0.4, 0.5) is 0 Å². The zero-order chi connectivity index (χ0) is 14.6. The van der Waals surface area contributed by atoms with Crippen LogP contribution in [0.3, 0.4) is 0 Å². The van der Waals surface area contributed by atoms with Gasteiger partial charge in [-0.3, -0.25) is 0 Å². The van der Waals surface area contributed by atoms with Crippen molar-refractivity contribution in [2.45, 2.75) is 10.9 Å². The van der Waals surface area contributed by atoms with Gasteiger partial charge in [0.2, 0.25) is 10.0 Å². The van der Waals surface area contributed by atoms with E-state index in [0.717, 1.165) is 0 Å². The van der Waals surface area contributed by atoms with Gasteiger partial charge in [-0.25, -0.2) is 8.42 Å². The minimum absolute atomic E-state index is 0.0381. The first kappa shape index (κ1) is 14.3. The Bertz CT molecular complexity index is 717. The standard InChI is InChI=1S/C13H12N2O4S/c14-8-10-4-1-2-6-13(10)20(17,18)15-11(9-16)12-5-3-7-19-12/h1-7,11,15-16H,9H2. The summed E-state index contributed by atoms with van der Waals surface area (Å²) in [7, 11) is -3.93. The Hall–Kier alpha value is -2.14. The van der Waals surface area contributed by atoms with Gasteiger partial charge in [0.25, 0.3) is 0 Å². The van der Waals surface area contributed by atoms with Crippen LogP contribution in [0, 0.1) is 11.3 Å². The Labute approximate surface area is 116 Å². The Balaban J connectivity index is 2.34. The lowest BCUT2D eigenvalue weighted by atomic mass is 10.2. The zero-order valence-electron chi connectivity index (χ0n) is 10.4. The molecular weight excluding hydrogens is 280 g/mol. The molecule has 1 aromatic heterocycles. The van der Waals surface area contributed by atoms with Crippen molar-refractivity contribution in [3.8, 4) is 6.07 Å². The minimum Gasteiger partial charge on any atom is -0.468 e. The molecular formula is C13H12N2O4S. The van der Waals surface area contributed by atoms with Crippen LogP contribution in [0.15, 0.2) is 52.0 Å². The van der Waals surface area contributed by atoms with Gasteiger partial charge in [-0.15, -0.1) is 0 Å². The number of sulfonamides is 1. The predicted molar refractivity (Wildman–Crippen MR) is 70.0 cm³/mol. The molecule has 0 aliphatic rings. The van der Waals surface area contributed by atoms with Gasteiger partial charge in [0.05, 0.1) is 23.3 Å². The molecule has 0 aliphatic heterocycles. The van der Waals surface area contributed by atoms with Crippen molar-refractivity contribution < 1.29 is 17.9 Å². The second-order valence-electron chi connectivity index (χ2n) is 3.98. The van der Waals surface area contributed by atoms with Crippen LogP contribution in [0.25, 0.3) is 0 Å². The number of hydrogen-bond donors (Lipinski definition) is 2. The highest BCUT2D eigenvalue weighted by Crippen LogP contribution is 2.19. The highest BCUT2D eigenvalue weighted by molar-refractivity contribution is 7.89. The summed E-state index contributed by atoms with van der Waals surface area (Å²) in [5, 5.41) is 18.2. The van der Waals surface area contributed by atoms with Crippen molar-refractivity contribution in [1.82, 2.24) is 4.72 Å². The summed E-state index contributed by atoms with van der Waals surface area (Å²) in [4.78, 5) is -0.132. The molecule has 2 aromatic rings. The number of aliphatic hydroxyl groups is 1. The molecule has 2 rings (SSSR count). The predicted octanol–water partition coefficient (Wildman–Crippen LogP) is 1.16. The average molecular weight is 292 g/mol. The molecule has 1 atom stereocenters. The van der Waals surface area contributed by atoms with E-state index in [2.05, 4.69) is 4.72 Å². The molecule has 20 heavy (non-hydrogen) atoms. The van der Waals surface area contributed by atoms with Gasteiger partial charge in [0, 0.05) is 0 Å². The molecule has 0 saturated carbocycles. The molecule has 1 aromatic carbocycles. The lowest BCUT2D eigenvalue weighted by Crippen LogP contribution is -2.31. The van der Waals surface area contributed by atoms with Gasteiger partial charge in [0.1, 0.15) is 17.9 Å². The van der Waals surface area contributed by atoms with Crippen LogP contribution >= 0.6 is 0 Å². The van der Waals surface area contributed by atoms with E-state index in [1.54, 1.807) is 18.2 Å². The van der Waals surface area contributed by atoms with E-state index in [9.17, 15) is 13.5 Å². The normalized spacial score (nSPS) is 12.8. The number of furan rings is 1. The molecule has 104 valence electrons. The van der Waals surface area contributed by atoms with Gasteiger partial charge in [-0.05, 0) is 24.3 Å². The van der Waals surface area contributed by atoms with Crippen molar-refractivity contribution in [1.29, 1.82) is 5.26 Å². The fraction of sp³-hybridized carbons (Fsp3) is 0.154. The molecule has 0 amide bonds. The molecule has 0 aliphatic carbocycles. The first-order chi connectivity index (χ1) is 9.58. The monoisotopic (exact) mass is 292 g/mol. The molecule has 0 spiro atoms. The molecule has 0 bridgehead atoms. The molecule has 6 nitrogen and oxygen atoms in total. The molecule has 0 radical (unpaired) electrons. The van der Waals surface area contributed by atoms with E-state index >= 15 is 0 Å². The number of nitriles is 1. The van der Waals surface area contributed by atoms with Gasteiger partial charge in [0.15, 0.2) is 0 Å². The van der Waals surface area contributed by atoms with Gasteiger partial charge >= 0.3 is 0 Å². The molecule has 2 N–H and O–H groups in total. The number of aliphatic hydroxyl groups excluding tert-OH is 1. The Kier molecular flexibility index (Phi) is 4.20. The Morgan fingerprint density at radius 1 is 1.30 bits per heavy atom. The summed E-state index contributed by atoms with van der Waals surface area (Å²) < 4.78 is 31.9. The third kappa shape index (κ3) is 2.88. The van der Waals surface area contributed by atoms with Crippen LogP contribution in [-0.4, -0.2) is 20.1 Å². The maximum atomic E-state index is 12.3. The molecule has 1 heterocycles. The SMILES string of the molecule is N#Cc1ccccc1S(=O)(=O)NC(CO)c1ccco1. The number of hydrogen-bond acceptors (Lipinski definition) is 5. The maximum Gasteiger partial charge on any atom is 0.242 e. The minimum atomic E-state index is -3.93. The third-order valence-electron chi connectivity index (χ3n) is 2.66. The summed E-state index contributed by atoms with van der Waals surface area (Å²) in [5.74, 6) is 0.297. The number of nitrogens with one attached hydrogen (secondary N) is 1. The van der Waals surface area contributed by atoms with Gasteiger partial charge in [-0.1, -0.05) is 12.1 Å². The van der Waals surface area contributed by atoms with Crippen LogP contribution in [0.1, 0.15) is 17.4 Å². The average Bonchev–Trinajstić information content (AvgIpc) is 2.98. The molecule has 7 heteroatoms. The second-order valence-corrected chi connectivity index (χ2v) is 5.66. The van der Waals surface area contributed by atoms with E-state index < -0.39 is 22.7 Å². The van der Waals surface area contributed by atoms with Crippen molar-refractivity contribution >= 4 is 10.0 Å². The summed E-state index contributed by atoms with van der Waals surface area (Å²) in [6.45, 7) is -0.457. The van der Waals surface area contributed by atoms with Gasteiger partial charge in [-0.2, -0.15) is 9.98 Å². The van der Waals surface area contributed by atoms with E-state index in [0.29, 0.717) is 5.76 Å². The topological polar surface area (TPSA) is 103 Å². The van der Waals surface area contributed by atoms with Crippen molar-refractivity contribution in [3.05, 3.63) is 54.0 Å². The van der Waals surface area contributed by atoms with Crippen LogP contribution in [0.2, 0.25) is 0 Å². The first-order valence-electron chi connectivity index (χ1n) is 5.74. The van der Waals surface area contributed by atoms with Gasteiger partial charge < -0.3 is 9.52 Å². The summed E-state index contributed by atoms with van der Waals surface area (Å²) in [6.07, 6.45) is 1.38. The Morgan fingerprint density at radius 2 is 2.05 bits per heavy atom. The fourth-order valence-corrected chi connectivity index (χ4v) is 3.07. The second kappa shape index (κ2) is 5.88. The zero-order valence-corrected chi connectivity index (χ0v) is 11.2. The lowest BCUT2D eigenvalue weighted by molar-refractivity contribution is 0.242. The number of nitrogens with zero attached hydrogens (tertiary/aromatic N) is 1. The highest BCUT2D eigenvalue weighted by Gasteiger charge is 2.24. The number of rotatable bonds is 5. The van der Waals surface area contributed by atoms with E-state index in [1.807, 2.05) is 6.07 Å². The third-order valence-corrected chi connectivity index (χ3v) is 4.19. The largest absolute Gasteiger partial charge is 0.468 e. The highest BCUT2D eigenvalue weighted by atomic mass is 32.2. The van der Waals surface area contributed by atoms with E-state index in [-0.39, 0.29) is 10.5 Å². The molecule has 1 unspecified atom stereocenters. The Morgan fingerprint density at radius 3 is 2.65 bits per heavy atom. The maximum absolute atomic E-state index is 12.3. The van der Waals surface area contributed by atoms with Crippen LogP contribution < -0.4 is 4.72 Å². The molecule has 0 fully saturated rings. The quantitative estimate of drug-likeness (QED) is 0.860. The summed E-state index contributed by atoms with van der Waals surface area (Å²) in [6, 6.07) is 9.91. The summed E-state index contributed by atoms with van der Waals surface area (Å²) in [5.41, 5.74) is 0.0381. The molecule has 0 saturated heterocycles. The lowest BCUT2D eigenvalue weighted by Gasteiger charge is -2.14. The van der Waals surface area contributed by atoms with Crippen molar-refractivity contribution in [2.75, 3.05) is 6.61 Å². The summed E-state index contributed by atoms with van der Waals surface area (Å²) >= 11 is 0. The van der Waals surface area contributed by atoms with Crippen molar-refractivity contribution in [2.24, 2.45) is 0 Å². The number of benzene rings is 1.